The van der Waals surface area contributed by atoms with E-state index in [1.54, 1.807) is 42.5 Å². The van der Waals surface area contributed by atoms with Gasteiger partial charge < -0.3 is 14.6 Å². The summed E-state index contributed by atoms with van der Waals surface area (Å²) < 4.78 is 40.3. The number of amides is 1. The number of carboxylic acid groups (broad SMARTS) is 1. The van der Waals surface area contributed by atoms with Gasteiger partial charge in [-0.15, -0.1) is 0 Å². The minimum atomic E-state index is -4.16. The van der Waals surface area contributed by atoms with E-state index in [2.05, 4.69) is 5.10 Å². The molecule has 5 rings (SSSR count). The highest BCUT2D eigenvalue weighted by Crippen LogP contribution is 2.45. The fraction of sp³-hybridized carbons (Fsp3) is 0.192. The molecule has 1 unspecified atom stereocenters. The summed E-state index contributed by atoms with van der Waals surface area (Å²) in [5.41, 5.74) is 3.07. The first-order chi connectivity index (χ1) is 17.2. The first-order valence-electron chi connectivity index (χ1n) is 11.0. The lowest BCUT2D eigenvalue weighted by Gasteiger charge is -2.26. The standard InChI is InChI=1S/C26H19ClF2N2O5/c27-16-10-8-15(9-11-16)17-4-1-2-5-18(17)20-12-21(19-6-3-7-22-24(19)36-14-35-22)31(30-20)25(34)26(28,29)13-23(32)33/h1-11,21H,12-14H2,(H,32,33). The van der Waals surface area contributed by atoms with Crippen molar-refractivity contribution in [3.05, 3.63) is 82.9 Å². The predicted octanol–water partition coefficient (Wildman–Crippen LogP) is 5.52. The molecule has 2 aliphatic heterocycles. The van der Waals surface area contributed by atoms with Gasteiger partial charge >= 0.3 is 17.8 Å². The number of hydrazone groups is 1. The van der Waals surface area contributed by atoms with Crippen LogP contribution < -0.4 is 9.47 Å². The van der Waals surface area contributed by atoms with Crippen molar-refractivity contribution in [1.82, 2.24) is 5.01 Å². The van der Waals surface area contributed by atoms with Crippen LogP contribution in [0.4, 0.5) is 8.78 Å². The van der Waals surface area contributed by atoms with Gasteiger partial charge in [-0.05, 0) is 29.3 Å². The molecule has 2 aliphatic rings. The Balaban J connectivity index is 1.60. The normalized spacial score (nSPS) is 16.7. The molecule has 0 aromatic heterocycles. The van der Waals surface area contributed by atoms with Crippen molar-refractivity contribution in [2.24, 2.45) is 5.10 Å². The molecule has 184 valence electrons. The summed E-state index contributed by atoms with van der Waals surface area (Å²) in [4.78, 5) is 24.0. The number of nitrogens with zero attached hydrogens (tertiary/aromatic N) is 2. The maximum absolute atomic E-state index is 14.7. The van der Waals surface area contributed by atoms with Gasteiger partial charge in [0.2, 0.25) is 6.79 Å². The lowest BCUT2D eigenvalue weighted by Crippen LogP contribution is -2.42. The van der Waals surface area contributed by atoms with Crippen molar-refractivity contribution in [2.45, 2.75) is 24.8 Å². The monoisotopic (exact) mass is 512 g/mol. The van der Waals surface area contributed by atoms with Gasteiger partial charge in [0.15, 0.2) is 11.5 Å². The van der Waals surface area contributed by atoms with Crippen LogP contribution in [0.15, 0.2) is 71.8 Å². The van der Waals surface area contributed by atoms with Crippen LogP contribution in [0.2, 0.25) is 5.02 Å². The zero-order valence-electron chi connectivity index (χ0n) is 18.7. The lowest BCUT2D eigenvalue weighted by molar-refractivity contribution is -0.167. The number of carboxylic acids is 1. The molecule has 0 aliphatic carbocycles. The van der Waals surface area contributed by atoms with E-state index in [0.717, 1.165) is 11.1 Å². The summed E-state index contributed by atoms with van der Waals surface area (Å²) in [6, 6.07) is 18.4. The van der Waals surface area contributed by atoms with Crippen LogP contribution in [0.5, 0.6) is 11.5 Å². The topological polar surface area (TPSA) is 88.4 Å². The summed E-state index contributed by atoms with van der Waals surface area (Å²) in [6.07, 6.45) is -1.55. The van der Waals surface area contributed by atoms with E-state index in [9.17, 15) is 18.4 Å². The third kappa shape index (κ3) is 4.37. The Labute approximate surface area is 209 Å². The Morgan fingerprint density at radius 2 is 1.75 bits per heavy atom. The minimum absolute atomic E-state index is 0.0463. The number of hydrogen-bond acceptors (Lipinski definition) is 5. The maximum atomic E-state index is 14.7. The first kappa shape index (κ1) is 23.7. The van der Waals surface area contributed by atoms with E-state index in [0.29, 0.717) is 38.4 Å². The second kappa shape index (κ2) is 9.23. The highest BCUT2D eigenvalue weighted by molar-refractivity contribution is 6.30. The van der Waals surface area contributed by atoms with Crippen molar-refractivity contribution in [3.63, 3.8) is 0 Å². The molecule has 7 nitrogen and oxygen atoms in total. The molecule has 0 saturated heterocycles. The first-order valence-corrected chi connectivity index (χ1v) is 11.4. The number of alkyl halides is 2. The van der Waals surface area contributed by atoms with Crippen molar-refractivity contribution < 1.29 is 33.0 Å². The number of benzene rings is 3. The third-order valence-corrected chi connectivity index (χ3v) is 6.24. The van der Waals surface area contributed by atoms with Crippen molar-refractivity contribution in [3.8, 4) is 22.6 Å². The van der Waals surface area contributed by atoms with Gasteiger partial charge in [0.05, 0.1) is 11.8 Å². The van der Waals surface area contributed by atoms with E-state index in [-0.39, 0.29) is 13.2 Å². The fourth-order valence-corrected chi connectivity index (χ4v) is 4.49. The number of aliphatic carboxylic acids is 1. The SMILES string of the molecule is O=C(O)CC(F)(F)C(=O)N1N=C(c2ccccc2-c2ccc(Cl)cc2)CC1c1cccc2c1OCO2. The van der Waals surface area contributed by atoms with Gasteiger partial charge in [0.1, 0.15) is 6.42 Å². The van der Waals surface area contributed by atoms with Gasteiger partial charge in [-0.1, -0.05) is 60.1 Å². The second-order valence-electron chi connectivity index (χ2n) is 8.32. The Hall–Kier alpha value is -3.98. The van der Waals surface area contributed by atoms with Crippen molar-refractivity contribution >= 4 is 29.2 Å². The molecular weight excluding hydrogens is 494 g/mol. The van der Waals surface area contributed by atoms with Crippen LogP contribution in [0.1, 0.15) is 30.0 Å². The molecule has 0 fully saturated rings. The van der Waals surface area contributed by atoms with E-state index in [1.165, 1.54) is 0 Å². The molecule has 36 heavy (non-hydrogen) atoms. The van der Waals surface area contributed by atoms with Crippen LogP contribution in [-0.2, 0) is 9.59 Å². The fourth-order valence-electron chi connectivity index (χ4n) is 4.37. The molecule has 0 saturated carbocycles. The number of hydrogen-bond donors (Lipinski definition) is 1. The molecule has 1 N–H and O–H groups in total. The molecular formula is C26H19ClF2N2O5. The minimum Gasteiger partial charge on any atom is -0.481 e. The summed E-state index contributed by atoms with van der Waals surface area (Å²) in [5.74, 6) is -6.89. The summed E-state index contributed by atoms with van der Waals surface area (Å²) >= 11 is 6.03. The Morgan fingerprint density at radius 1 is 1.03 bits per heavy atom. The quantitative estimate of drug-likeness (QED) is 0.469. The largest absolute Gasteiger partial charge is 0.481 e. The van der Waals surface area contributed by atoms with Crippen LogP contribution in [0.3, 0.4) is 0 Å². The molecule has 10 heteroatoms. The van der Waals surface area contributed by atoms with Crippen molar-refractivity contribution in [2.75, 3.05) is 6.79 Å². The van der Waals surface area contributed by atoms with E-state index >= 15 is 0 Å². The van der Waals surface area contributed by atoms with Gasteiger partial charge in [-0.25, -0.2) is 5.01 Å². The Bertz CT molecular complexity index is 1380. The number of carbonyl (C=O) groups is 2. The van der Waals surface area contributed by atoms with Gasteiger partial charge in [-0.3, -0.25) is 9.59 Å². The number of carbonyl (C=O) groups excluding carboxylic acids is 1. The Morgan fingerprint density at radius 3 is 2.47 bits per heavy atom. The molecule has 0 spiro atoms. The highest BCUT2D eigenvalue weighted by atomic mass is 35.5. The Kier molecular flexibility index (Phi) is 6.09. The van der Waals surface area contributed by atoms with Gasteiger partial charge in [-0.2, -0.15) is 13.9 Å². The number of para-hydroxylation sites is 1. The molecule has 2 heterocycles. The zero-order valence-corrected chi connectivity index (χ0v) is 19.4. The third-order valence-electron chi connectivity index (χ3n) is 5.98. The lowest BCUT2D eigenvalue weighted by atomic mass is 9.92. The maximum Gasteiger partial charge on any atom is 0.337 e. The molecule has 0 bridgehead atoms. The average molecular weight is 513 g/mol. The predicted molar refractivity (Wildman–Crippen MR) is 127 cm³/mol. The van der Waals surface area contributed by atoms with Crippen LogP contribution >= 0.6 is 11.6 Å². The number of fused-ring (bicyclic) bond motifs is 1. The summed E-state index contributed by atoms with van der Waals surface area (Å²) in [7, 11) is 0. The molecule has 1 amide bonds. The zero-order chi connectivity index (χ0) is 25.4. The molecule has 3 aromatic carbocycles. The number of halogens is 3. The molecule has 1 atom stereocenters. The van der Waals surface area contributed by atoms with E-state index in [4.69, 9.17) is 26.2 Å². The summed E-state index contributed by atoms with van der Waals surface area (Å²) in [6.45, 7) is -0.0463. The summed E-state index contributed by atoms with van der Waals surface area (Å²) in [5, 5.41) is 14.5. The average Bonchev–Trinajstić information content (AvgIpc) is 3.51. The van der Waals surface area contributed by atoms with Gasteiger partial charge in [0.25, 0.3) is 0 Å². The van der Waals surface area contributed by atoms with Crippen LogP contribution in [-0.4, -0.2) is 40.4 Å². The van der Waals surface area contributed by atoms with Crippen LogP contribution in [0.25, 0.3) is 11.1 Å². The highest BCUT2D eigenvalue weighted by Gasteiger charge is 2.49. The smallest absolute Gasteiger partial charge is 0.337 e. The molecule has 3 aromatic rings. The van der Waals surface area contributed by atoms with Gasteiger partial charge in [0, 0.05) is 22.6 Å². The van der Waals surface area contributed by atoms with E-state index in [1.807, 2.05) is 24.3 Å². The van der Waals surface area contributed by atoms with Crippen molar-refractivity contribution in [1.29, 1.82) is 0 Å². The number of rotatable bonds is 6. The molecule has 0 radical (unpaired) electrons. The number of ether oxygens (including phenoxy) is 2. The second-order valence-corrected chi connectivity index (χ2v) is 8.76. The van der Waals surface area contributed by atoms with E-state index < -0.39 is 30.3 Å². The van der Waals surface area contributed by atoms with Crippen LogP contribution in [0, 0.1) is 0 Å².